The van der Waals surface area contributed by atoms with Crippen LogP contribution < -0.4 is 20.9 Å². The number of hydrogen-bond donors (Lipinski definition) is 3. The predicted octanol–water partition coefficient (Wildman–Crippen LogP) is 2.51. The van der Waals surface area contributed by atoms with E-state index in [1.165, 1.54) is 18.5 Å². The number of likely N-dealkylation sites (tertiary alicyclic amines) is 1. The third-order valence-electron chi connectivity index (χ3n) is 7.54. The van der Waals surface area contributed by atoms with Crippen LogP contribution in [0.5, 0.6) is 0 Å². The molecule has 8 heteroatoms. The Balaban J connectivity index is 1.14. The molecule has 4 heterocycles. The molecule has 1 saturated carbocycles. The van der Waals surface area contributed by atoms with Crippen LogP contribution in [0.15, 0.2) is 30.5 Å². The van der Waals surface area contributed by atoms with E-state index in [1.54, 1.807) is 0 Å². The summed E-state index contributed by atoms with van der Waals surface area (Å²) in [5, 5.41) is 10.2. The van der Waals surface area contributed by atoms with Crippen molar-refractivity contribution in [1.82, 2.24) is 20.2 Å². The van der Waals surface area contributed by atoms with Crippen molar-refractivity contribution in [2.45, 2.75) is 50.1 Å². The minimum atomic E-state index is -0.525. The fraction of sp³-hybridized carbons (Fsp3) is 0.542. The van der Waals surface area contributed by atoms with Gasteiger partial charge in [0.2, 0.25) is 11.9 Å². The molecule has 1 amide bonds. The Bertz CT molecular complexity index is 998. The van der Waals surface area contributed by atoms with Gasteiger partial charge in [0.1, 0.15) is 11.4 Å². The van der Waals surface area contributed by atoms with E-state index in [0.717, 1.165) is 69.1 Å². The monoisotopic (exact) mass is 433 g/mol. The summed E-state index contributed by atoms with van der Waals surface area (Å²) in [6.07, 6.45) is 8.18. The second-order valence-corrected chi connectivity index (χ2v) is 9.55. The van der Waals surface area contributed by atoms with Gasteiger partial charge in [-0.25, -0.2) is 4.98 Å². The average Bonchev–Trinajstić information content (AvgIpc) is 3.55. The van der Waals surface area contributed by atoms with Crippen LogP contribution in [0.25, 0.3) is 0 Å². The first-order valence-corrected chi connectivity index (χ1v) is 12.0. The van der Waals surface area contributed by atoms with Crippen LogP contribution in [0, 0.1) is 0 Å². The van der Waals surface area contributed by atoms with Crippen LogP contribution in [-0.4, -0.2) is 65.1 Å². The molecular formula is C24H31N7O. The first kappa shape index (κ1) is 19.8. The number of fused-ring (bicyclic) bond motifs is 1. The maximum atomic E-state index is 13.3. The number of carbonyl (C=O) groups excluding carboxylic acids is 1. The number of aromatic nitrogens is 2. The molecule has 32 heavy (non-hydrogen) atoms. The highest BCUT2D eigenvalue weighted by Crippen LogP contribution is 2.40. The van der Waals surface area contributed by atoms with Gasteiger partial charge in [-0.2, -0.15) is 4.98 Å². The van der Waals surface area contributed by atoms with E-state index in [0.29, 0.717) is 18.4 Å². The van der Waals surface area contributed by atoms with Crippen molar-refractivity contribution >= 4 is 29.0 Å². The van der Waals surface area contributed by atoms with Crippen LogP contribution in [-0.2, 0) is 11.2 Å². The van der Waals surface area contributed by atoms with E-state index in [2.05, 4.69) is 55.0 Å². The molecule has 1 unspecified atom stereocenters. The van der Waals surface area contributed by atoms with Crippen LogP contribution in [0.1, 0.15) is 37.7 Å². The summed E-state index contributed by atoms with van der Waals surface area (Å²) < 4.78 is 0. The second-order valence-electron chi connectivity index (χ2n) is 9.55. The van der Waals surface area contributed by atoms with Gasteiger partial charge in [-0.3, -0.25) is 4.79 Å². The SMILES string of the molecule is O=C1N(C2CCCC2)CCC12Cc1cnc(Nc3ccc(N4CCNCC4)cc3)nc1N2. The molecule has 3 fully saturated rings. The van der Waals surface area contributed by atoms with Crippen LogP contribution >= 0.6 is 0 Å². The van der Waals surface area contributed by atoms with Crippen molar-refractivity contribution in [1.29, 1.82) is 0 Å². The van der Waals surface area contributed by atoms with Gasteiger partial charge < -0.3 is 25.8 Å². The van der Waals surface area contributed by atoms with E-state index in [4.69, 9.17) is 4.98 Å². The van der Waals surface area contributed by atoms with E-state index in [-0.39, 0.29) is 5.91 Å². The molecule has 168 valence electrons. The van der Waals surface area contributed by atoms with E-state index < -0.39 is 5.54 Å². The van der Waals surface area contributed by atoms with Gasteiger partial charge in [-0.1, -0.05) is 12.8 Å². The predicted molar refractivity (Wildman–Crippen MR) is 125 cm³/mol. The molecule has 0 radical (unpaired) electrons. The molecule has 4 aliphatic rings. The lowest BCUT2D eigenvalue weighted by molar-refractivity contribution is -0.133. The molecule has 1 aromatic heterocycles. The molecule has 1 aliphatic carbocycles. The summed E-state index contributed by atoms with van der Waals surface area (Å²) in [6, 6.07) is 8.86. The Labute approximate surface area is 188 Å². The van der Waals surface area contributed by atoms with Gasteiger partial charge in [-0.05, 0) is 43.5 Å². The first-order chi connectivity index (χ1) is 15.7. The lowest BCUT2D eigenvalue weighted by atomic mass is 9.94. The molecule has 2 aromatic rings. The third-order valence-corrected chi connectivity index (χ3v) is 7.54. The Hall–Kier alpha value is -2.87. The van der Waals surface area contributed by atoms with Gasteiger partial charge in [-0.15, -0.1) is 0 Å². The molecule has 1 atom stereocenters. The molecule has 8 nitrogen and oxygen atoms in total. The highest BCUT2D eigenvalue weighted by atomic mass is 16.2. The highest BCUT2D eigenvalue weighted by Gasteiger charge is 2.52. The molecule has 3 aliphatic heterocycles. The zero-order chi connectivity index (χ0) is 21.5. The lowest BCUT2D eigenvalue weighted by Crippen LogP contribution is -2.47. The minimum absolute atomic E-state index is 0.250. The second kappa shape index (κ2) is 7.92. The zero-order valence-corrected chi connectivity index (χ0v) is 18.4. The van der Waals surface area contributed by atoms with E-state index >= 15 is 0 Å². The van der Waals surface area contributed by atoms with Crippen LogP contribution in [0.4, 0.5) is 23.1 Å². The molecule has 1 aromatic carbocycles. The number of amides is 1. The number of carbonyl (C=O) groups is 1. The van der Waals surface area contributed by atoms with Crippen LogP contribution in [0.2, 0.25) is 0 Å². The fourth-order valence-corrected chi connectivity index (χ4v) is 5.75. The maximum absolute atomic E-state index is 13.3. The number of anilines is 4. The van der Waals surface area contributed by atoms with Gasteiger partial charge in [0.25, 0.3) is 0 Å². The van der Waals surface area contributed by atoms with Gasteiger partial charge in [0.05, 0.1) is 0 Å². The molecule has 3 N–H and O–H groups in total. The molecule has 6 rings (SSSR count). The zero-order valence-electron chi connectivity index (χ0n) is 18.4. The fourth-order valence-electron chi connectivity index (χ4n) is 5.75. The molecular weight excluding hydrogens is 402 g/mol. The van der Waals surface area contributed by atoms with Gasteiger partial charge in [0, 0.05) is 68.3 Å². The summed E-state index contributed by atoms with van der Waals surface area (Å²) in [7, 11) is 0. The number of hydrogen-bond acceptors (Lipinski definition) is 7. The standard InChI is InChI=1S/C24H31N7O/c32-22-24(9-12-31(22)20-3-1-2-4-20)15-17-16-26-23(28-21(17)29-24)27-18-5-7-19(8-6-18)30-13-10-25-11-14-30/h5-8,16,20,25H,1-4,9-15H2,(H2,26,27,28,29). The molecule has 0 bridgehead atoms. The number of piperazine rings is 1. The van der Waals surface area contributed by atoms with Crippen molar-refractivity contribution in [3.63, 3.8) is 0 Å². The highest BCUT2D eigenvalue weighted by molar-refractivity contribution is 5.94. The number of rotatable bonds is 4. The topological polar surface area (TPSA) is 85.4 Å². The summed E-state index contributed by atoms with van der Waals surface area (Å²) >= 11 is 0. The third kappa shape index (κ3) is 3.46. The van der Waals surface area contributed by atoms with Crippen LogP contribution in [0.3, 0.4) is 0 Å². The Morgan fingerprint density at radius 3 is 2.62 bits per heavy atom. The van der Waals surface area contributed by atoms with E-state index in [9.17, 15) is 4.79 Å². The number of nitrogens with zero attached hydrogens (tertiary/aromatic N) is 4. The normalized spacial score (nSPS) is 25.4. The van der Waals surface area contributed by atoms with Crippen molar-refractivity contribution in [3.8, 4) is 0 Å². The smallest absolute Gasteiger partial charge is 0.248 e. The lowest BCUT2D eigenvalue weighted by Gasteiger charge is -2.29. The summed E-state index contributed by atoms with van der Waals surface area (Å²) in [5.41, 5.74) is 2.71. The Morgan fingerprint density at radius 1 is 1.06 bits per heavy atom. The maximum Gasteiger partial charge on any atom is 0.248 e. The Kier molecular flexibility index (Phi) is 4.90. The van der Waals surface area contributed by atoms with Crippen molar-refractivity contribution in [2.75, 3.05) is 48.3 Å². The number of benzene rings is 1. The van der Waals surface area contributed by atoms with Crippen molar-refractivity contribution in [2.24, 2.45) is 0 Å². The summed E-state index contributed by atoms with van der Waals surface area (Å²) in [6.45, 7) is 4.97. The van der Waals surface area contributed by atoms with Gasteiger partial charge in [0.15, 0.2) is 0 Å². The molecule has 2 saturated heterocycles. The largest absolute Gasteiger partial charge is 0.369 e. The Morgan fingerprint density at radius 2 is 1.84 bits per heavy atom. The summed E-state index contributed by atoms with van der Waals surface area (Å²) in [5.74, 6) is 1.60. The quantitative estimate of drug-likeness (QED) is 0.683. The number of nitrogens with one attached hydrogen (secondary N) is 3. The average molecular weight is 434 g/mol. The van der Waals surface area contributed by atoms with Crippen molar-refractivity contribution in [3.05, 3.63) is 36.0 Å². The van der Waals surface area contributed by atoms with E-state index in [1.807, 2.05) is 6.20 Å². The van der Waals surface area contributed by atoms with Crippen molar-refractivity contribution < 1.29 is 4.79 Å². The minimum Gasteiger partial charge on any atom is -0.369 e. The summed E-state index contributed by atoms with van der Waals surface area (Å²) in [4.78, 5) is 27.1. The van der Waals surface area contributed by atoms with Gasteiger partial charge >= 0.3 is 0 Å². The first-order valence-electron chi connectivity index (χ1n) is 12.0. The molecule has 1 spiro atoms.